The van der Waals surface area contributed by atoms with Crippen molar-refractivity contribution >= 4 is 0 Å². The van der Waals surface area contributed by atoms with Gasteiger partial charge in [0, 0.05) is 0 Å². The Balaban J connectivity index is 1.20. The third-order valence-corrected chi connectivity index (χ3v) is 11.5. The molecule has 0 aliphatic heterocycles. The average molecular weight is 543 g/mol. The highest BCUT2D eigenvalue weighted by atomic mass is 16.5. The largest absolute Gasteiger partial charge is 0.377 e. The van der Waals surface area contributed by atoms with Gasteiger partial charge in [-0.3, -0.25) is 0 Å². The standard InChI is InChI=1S/C36H62O3/c1-27(2)10-7-8-12-29-14-16-33-32-15-13-30-26-31(17-19-36(30,6)34(32)18-20-35(29,33)5)39-25-24-38-23-22-37-21-9-11-28(3)4/h9,11,13,27-29,31-34H,7-8,10,12,14-26H2,1-6H3/b11-9+. The van der Waals surface area contributed by atoms with Crippen LogP contribution in [-0.2, 0) is 14.2 Å². The van der Waals surface area contributed by atoms with Crippen LogP contribution in [-0.4, -0.2) is 39.1 Å². The molecule has 0 amide bonds. The number of rotatable bonds is 15. The zero-order valence-corrected chi connectivity index (χ0v) is 26.5. The van der Waals surface area contributed by atoms with E-state index in [4.69, 9.17) is 14.2 Å². The summed E-state index contributed by atoms with van der Waals surface area (Å²) >= 11 is 0. The predicted octanol–water partition coefficient (Wildman–Crippen LogP) is 9.41. The van der Waals surface area contributed by atoms with E-state index in [1.54, 1.807) is 5.57 Å². The lowest BCUT2D eigenvalue weighted by molar-refractivity contribution is -0.0646. The molecule has 3 heteroatoms. The van der Waals surface area contributed by atoms with Gasteiger partial charge in [0.25, 0.3) is 0 Å². The second-order valence-corrected chi connectivity index (χ2v) is 14.9. The molecule has 0 saturated heterocycles. The van der Waals surface area contributed by atoms with E-state index in [2.05, 4.69) is 59.8 Å². The Kier molecular flexibility index (Phi) is 11.6. The fourth-order valence-electron chi connectivity index (χ4n) is 9.27. The van der Waals surface area contributed by atoms with Crippen LogP contribution in [0.15, 0.2) is 23.8 Å². The van der Waals surface area contributed by atoms with Gasteiger partial charge in [-0.2, -0.15) is 0 Å². The molecule has 39 heavy (non-hydrogen) atoms. The van der Waals surface area contributed by atoms with Gasteiger partial charge in [0.1, 0.15) is 0 Å². The van der Waals surface area contributed by atoms with Gasteiger partial charge in [0.2, 0.25) is 0 Å². The van der Waals surface area contributed by atoms with Crippen molar-refractivity contribution in [3.8, 4) is 0 Å². The maximum absolute atomic E-state index is 6.33. The van der Waals surface area contributed by atoms with Crippen molar-refractivity contribution in [2.75, 3.05) is 33.0 Å². The van der Waals surface area contributed by atoms with Gasteiger partial charge in [0.05, 0.1) is 39.1 Å². The monoisotopic (exact) mass is 542 g/mol. The molecule has 0 aromatic carbocycles. The first kappa shape index (κ1) is 31.3. The van der Waals surface area contributed by atoms with Crippen molar-refractivity contribution in [2.24, 2.45) is 46.3 Å². The summed E-state index contributed by atoms with van der Waals surface area (Å²) < 4.78 is 17.7. The minimum atomic E-state index is 0.373. The molecule has 3 saturated carbocycles. The molecule has 7 atom stereocenters. The summed E-state index contributed by atoms with van der Waals surface area (Å²) in [4.78, 5) is 0. The van der Waals surface area contributed by atoms with Gasteiger partial charge in [-0.25, -0.2) is 0 Å². The first-order chi connectivity index (χ1) is 18.7. The summed E-state index contributed by atoms with van der Waals surface area (Å²) in [5.74, 6) is 5.20. The Morgan fingerprint density at radius 1 is 0.897 bits per heavy atom. The van der Waals surface area contributed by atoms with Crippen molar-refractivity contribution in [3.63, 3.8) is 0 Å². The van der Waals surface area contributed by atoms with Gasteiger partial charge in [-0.15, -0.1) is 0 Å². The summed E-state index contributed by atoms with van der Waals surface area (Å²) in [6.07, 6.45) is 24.1. The molecule has 0 aromatic rings. The zero-order valence-electron chi connectivity index (χ0n) is 26.5. The highest BCUT2D eigenvalue weighted by molar-refractivity contribution is 5.25. The Morgan fingerprint density at radius 3 is 2.49 bits per heavy atom. The molecule has 3 fully saturated rings. The van der Waals surface area contributed by atoms with Crippen LogP contribution >= 0.6 is 0 Å². The molecule has 4 aliphatic rings. The maximum atomic E-state index is 6.33. The minimum absolute atomic E-state index is 0.373. The van der Waals surface area contributed by atoms with E-state index in [9.17, 15) is 0 Å². The second-order valence-electron chi connectivity index (χ2n) is 14.9. The Labute approximate surface area is 241 Å². The van der Waals surface area contributed by atoms with Crippen LogP contribution in [0.2, 0.25) is 0 Å². The van der Waals surface area contributed by atoms with Gasteiger partial charge in [-0.05, 0) is 104 Å². The molecular formula is C36H62O3. The van der Waals surface area contributed by atoms with E-state index in [1.165, 1.54) is 70.6 Å². The lowest BCUT2D eigenvalue weighted by atomic mass is 9.47. The van der Waals surface area contributed by atoms with Crippen molar-refractivity contribution in [3.05, 3.63) is 23.8 Å². The van der Waals surface area contributed by atoms with Gasteiger partial charge < -0.3 is 14.2 Å². The Morgan fingerprint density at radius 2 is 1.69 bits per heavy atom. The molecule has 7 unspecified atom stereocenters. The van der Waals surface area contributed by atoms with Crippen LogP contribution in [0.1, 0.15) is 119 Å². The van der Waals surface area contributed by atoms with Crippen LogP contribution in [0.25, 0.3) is 0 Å². The molecule has 0 radical (unpaired) electrons. The summed E-state index contributed by atoms with van der Waals surface area (Å²) in [5, 5.41) is 0. The van der Waals surface area contributed by atoms with E-state index in [0.717, 1.165) is 36.0 Å². The quantitative estimate of drug-likeness (QED) is 0.152. The van der Waals surface area contributed by atoms with Crippen LogP contribution in [0, 0.1) is 46.3 Å². The molecule has 0 aromatic heterocycles. The van der Waals surface area contributed by atoms with Crippen LogP contribution in [0.3, 0.4) is 0 Å². The van der Waals surface area contributed by atoms with Crippen molar-refractivity contribution < 1.29 is 14.2 Å². The first-order valence-corrected chi connectivity index (χ1v) is 16.9. The maximum Gasteiger partial charge on any atom is 0.0704 e. The highest BCUT2D eigenvalue weighted by Gasteiger charge is 2.58. The normalized spacial score (nSPS) is 36.3. The SMILES string of the molecule is CC(C)/C=C/COCCOCCOC1CCC2(C)C(=CCC3C2CCC2(C)C(CCCCC(C)C)CCC32)C1. The Hall–Kier alpha value is -0.640. The third-order valence-electron chi connectivity index (χ3n) is 11.5. The molecule has 0 N–H and O–H groups in total. The number of hydrogen-bond donors (Lipinski definition) is 0. The number of fused-ring (bicyclic) bond motifs is 5. The predicted molar refractivity (Wildman–Crippen MR) is 164 cm³/mol. The van der Waals surface area contributed by atoms with E-state index in [1.807, 2.05) is 0 Å². The van der Waals surface area contributed by atoms with Crippen LogP contribution < -0.4 is 0 Å². The van der Waals surface area contributed by atoms with Crippen molar-refractivity contribution in [1.29, 1.82) is 0 Å². The summed E-state index contributed by atoms with van der Waals surface area (Å²) in [5.41, 5.74) is 2.75. The summed E-state index contributed by atoms with van der Waals surface area (Å²) in [6, 6.07) is 0. The second kappa shape index (κ2) is 14.5. The van der Waals surface area contributed by atoms with Gasteiger partial charge in [-0.1, -0.05) is 84.6 Å². The molecule has 0 heterocycles. The fourth-order valence-corrected chi connectivity index (χ4v) is 9.27. The van der Waals surface area contributed by atoms with Crippen LogP contribution in [0.5, 0.6) is 0 Å². The molecule has 0 bridgehead atoms. The van der Waals surface area contributed by atoms with Gasteiger partial charge >= 0.3 is 0 Å². The summed E-state index contributed by atoms with van der Waals surface area (Å²) in [6.45, 7) is 17.8. The van der Waals surface area contributed by atoms with E-state index in [-0.39, 0.29) is 0 Å². The van der Waals surface area contributed by atoms with Crippen molar-refractivity contribution in [1.82, 2.24) is 0 Å². The molecule has 4 aliphatic carbocycles. The molecule has 3 nitrogen and oxygen atoms in total. The number of allylic oxidation sites excluding steroid dienone is 2. The average Bonchev–Trinajstić information content (AvgIpc) is 3.23. The smallest absolute Gasteiger partial charge is 0.0704 e. The highest BCUT2D eigenvalue weighted by Crippen LogP contribution is 2.66. The third kappa shape index (κ3) is 7.81. The van der Waals surface area contributed by atoms with E-state index in [0.29, 0.717) is 55.9 Å². The number of hydrogen-bond acceptors (Lipinski definition) is 3. The molecular weight excluding hydrogens is 480 g/mol. The fraction of sp³-hybridized carbons (Fsp3) is 0.889. The zero-order chi connectivity index (χ0) is 27.9. The number of unbranched alkanes of at least 4 members (excludes halogenated alkanes) is 1. The van der Waals surface area contributed by atoms with E-state index < -0.39 is 0 Å². The lowest BCUT2D eigenvalue weighted by Crippen LogP contribution is -2.50. The lowest BCUT2D eigenvalue weighted by Gasteiger charge is -2.58. The summed E-state index contributed by atoms with van der Waals surface area (Å²) in [7, 11) is 0. The molecule has 4 rings (SSSR count). The van der Waals surface area contributed by atoms with Gasteiger partial charge in [0.15, 0.2) is 0 Å². The first-order valence-electron chi connectivity index (χ1n) is 16.9. The van der Waals surface area contributed by atoms with Crippen LogP contribution in [0.4, 0.5) is 0 Å². The topological polar surface area (TPSA) is 27.7 Å². The Bertz CT molecular complexity index is 799. The molecule has 224 valence electrons. The molecule has 0 spiro atoms. The van der Waals surface area contributed by atoms with E-state index >= 15 is 0 Å². The van der Waals surface area contributed by atoms with Crippen molar-refractivity contribution in [2.45, 2.75) is 125 Å². The number of ether oxygens (including phenoxy) is 3. The minimum Gasteiger partial charge on any atom is -0.377 e.